The molecule has 2 aromatic carbocycles. The first-order chi connectivity index (χ1) is 14.0. The summed E-state index contributed by atoms with van der Waals surface area (Å²) in [4.78, 5) is 27.7. The van der Waals surface area contributed by atoms with Gasteiger partial charge in [-0.3, -0.25) is 9.59 Å². The minimum Gasteiger partial charge on any atom is -0.481 e. The number of carboxylic acids is 1. The van der Waals surface area contributed by atoms with Gasteiger partial charge in [-0.2, -0.15) is 0 Å². The Morgan fingerprint density at radius 1 is 1.00 bits per heavy atom. The van der Waals surface area contributed by atoms with Crippen LogP contribution in [0, 0.1) is 12.8 Å². The Kier molecular flexibility index (Phi) is 5.41. The lowest BCUT2D eigenvalue weighted by Gasteiger charge is -2.40. The Morgan fingerprint density at radius 2 is 1.66 bits per heavy atom. The molecule has 0 unspecified atom stereocenters. The van der Waals surface area contributed by atoms with Crippen LogP contribution in [-0.4, -0.2) is 48.2 Å². The molecule has 2 aliphatic rings. The molecule has 2 aliphatic heterocycles. The van der Waals surface area contributed by atoms with Crippen LogP contribution in [0.1, 0.15) is 35.4 Å². The van der Waals surface area contributed by atoms with Crippen molar-refractivity contribution in [2.45, 2.75) is 31.1 Å². The van der Waals surface area contributed by atoms with Crippen LogP contribution >= 0.6 is 0 Å². The molecule has 2 fully saturated rings. The van der Waals surface area contributed by atoms with Crippen molar-refractivity contribution in [1.29, 1.82) is 0 Å². The number of nitrogens with zero attached hydrogens (tertiary/aromatic N) is 1. The first-order valence-electron chi connectivity index (χ1n) is 10.2. The largest absolute Gasteiger partial charge is 0.481 e. The second-order valence-corrected chi connectivity index (χ2v) is 8.18. The number of hydrogen-bond donors (Lipinski definition) is 1. The quantitative estimate of drug-likeness (QED) is 0.865. The van der Waals surface area contributed by atoms with Crippen molar-refractivity contribution < 1.29 is 19.4 Å². The SMILES string of the molecule is Cc1ccccc1C1(C(=O)N2C[C@H](C(=O)O)[C@H](c3ccccc3)C2)CCOCC1. The van der Waals surface area contributed by atoms with Crippen LogP contribution in [0.15, 0.2) is 54.6 Å². The maximum Gasteiger partial charge on any atom is 0.308 e. The highest BCUT2D eigenvalue weighted by Gasteiger charge is 2.49. The molecule has 2 aromatic rings. The Bertz CT molecular complexity index is 889. The number of amides is 1. The number of benzene rings is 2. The monoisotopic (exact) mass is 393 g/mol. The van der Waals surface area contributed by atoms with Crippen molar-refractivity contribution in [2.75, 3.05) is 26.3 Å². The maximum absolute atomic E-state index is 13.9. The molecule has 4 rings (SSSR count). The Labute approximate surface area is 171 Å². The summed E-state index contributed by atoms with van der Waals surface area (Å²) in [6.45, 7) is 3.81. The summed E-state index contributed by atoms with van der Waals surface area (Å²) in [6.07, 6.45) is 1.25. The fourth-order valence-electron chi connectivity index (χ4n) is 4.99. The van der Waals surface area contributed by atoms with Crippen molar-refractivity contribution >= 4 is 11.9 Å². The standard InChI is InChI=1S/C24H27NO4/c1-17-7-5-6-10-21(17)24(11-13-29-14-12-24)23(28)25-15-19(20(16-25)22(26)27)18-8-3-2-4-9-18/h2-10,19-20H,11-16H2,1H3,(H,26,27)/t19-,20-/m0/s1. The molecule has 5 heteroatoms. The number of carbonyl (C=O) groups excluding carboxylic acids is 1. The van der Waals surface area contributed by atoms with Gasteiger partial charge in [0.05, 0.1) is 11.3 Å². The van der Waals surface area contributed by atoms with Crippen LogP contribution in [0.3, 0.4) is 0 Å². The molecular formula is C24H27NO4. The summed E-state index contributed by atoms with van der Waals surface area (Å²) in [6, 6.07) is 17.7. The summed E-state index contributed by atoms with van der Waals surface area (Å²) in [7, 11) is 0. The molecule has 1 amide bonds. The van der Waals surface area contributed by atoms with E-state index in [0.29, 0.717) is 32.6 Å². The molecule has 0 aromatic heterocycles. The predicted octanol–water partition coefficient (Wildman–Crippen LogP) is 3.37. The first kappa shape index (κ1) is 19.6. The summed E-state index contributed by atoms with van der Waals surface area (Å²) in [5.41, 5.74) is 2.48. The van der Waals surface area contributed by atoms with E-state index < -0.39 is 17.3 Å². The molecule has 152 valence electrons. The second-order valence-electron chi connectivity index (χ2n) is 8.18. The molecule has 29 heavy (non-hydrogen) atoms. The number of hydrogen-bond acceptors (Lipinski definition) is 3. The van der Waals surface area contributed by atoms with Crippen LogP contribution in [0.5, 0.6) is 0 Å². The molecule has 0 spiro atoms. The Hall–Kier alpha value is -2.66. The van der Waals surface area contributed by atoms with E-state index in [1.54, 1.807) is 4.90 Å². The fraction of sp³-hybridized carbons (Fsp3) is 0.417. The molecule has 0 radical (unpaired) electrons. The van der Waals surface area contributed by atoms with Crippen molar-refractivity contribution in [3.63, 3.8) is 0 Å². The normalized spacial score (nSPS) is 23.7. The number of carbonyl (C=O) groups is 2. The van der Waals surface area contributed by atoms with Crippen molar-refractivity contribution in [2.24, 2.45) is 5.92 Å². The van der Waals surface area contributed by atoms with Crippen molar-refractivity contribution in [1.82, 2.24) is 4.90 Å². The number of likely N-dealkylation sites (tertiary alicyclic amines) is 1. The number of ether oxygens (including phenoxy) is 1. The Morgan fingerprint density at radius 3 is 2.31 bits per heavy atom. The summed E-state index contributed by atoms with van der Waals surface area (Å²) in [5, 5.41) is 9.82. The van der Waals surface area contributed by atoms with E-state index in [9.17, 15) is 14.7 Å². The number of aryl methyl sites for hydroxylation is 1. The predicted molar refractivity (Wildman–Crippen MR) is 110 cm³/mol. The lowest BCUT2D eigenvalue weighted by molar-refractivity contribution is -0.143. The molecule has 0 bridgehead atoms. The zero-order valence-corrected chi connectivity index (χ0v) is 16.7. The van der Waals surface area contributed by atoms with Gasteiger partial charge in [-0.1, -0.05) is 54.6 Å². The average molecular weight is 393 g/mol. The molecule has 0 saturated carbocycles. The van der Waals surface area contributed by atoms with Crippen LogP contribution in [0.25, 0.3) is 0 Å². The number of aliphatic carboxylic acids is 1. The number of rotatable bonds is 4. The highest BCUT2D eigenvalue weighted by atomic mass is 16.5. The third kappa shape index (κ3) is 3.55. The van der Waals surface area contributed by atoms with Crippen LogP contribution < -0.4 is 0 Å². The van der Waals surface area contributed by atoms with E-state index in [-0.39, 0.29) is 18.4 Å². The zero-order chi connectivity index (χ0) is 20.4. The molecule has 0 aliphatic carbocycles. The van der Waals surface area contributed by atoms with Gasteiger partial charge >= 0.3 is 5.97 Å². The van der Waals surface area contributed by atoms with Crippen molar-refractivity contribution in [3.8, 4) is 0 Å². The summed E-state index contributed by atoms with van der Waals surface area (Å²) >= 11 is 0. The minimum atomic E-state index is -0.842. The van der Waals surface area contributed by atoms with Crippen LogP contribution in [-0.2, 0) is 19.7 Å². The van der Waals surface area contributed by atoms with Crippen LogP contribution in [0.2, 0.25) is 0 Å². The van der Waals surface area contributed by atoms with E-state index in [1.165, 1.54) is 0 Å². The molecule has 5 nitrogen and oxygen atoms in total. The fourth-order valence-corrected chi connectivity index (χ4v) is 4.99. The third-order valence-electron chi connectivity index (χ3n) is 6.57. The van der Waals surface area contributed by atoms with Gasteiger partial charge in [0.2, 0.25) is 5.91 Å². The van der Waals surface area contributed by atoms with Gasteiger partial charge in [0.1, 0.15) is 0 Å². The third-order valence-corrected chi connectivity index (χ3v) is 6.57. The molecule has 2 atom stereocenters. The zero-order valence-electron chi connectivity index (χ0n) is 16.7. The van der Waals surface area contributed by atoms with Gasteiger partial charge in [-0.15, -0.1) is 0 Å². The van der Waals surface area contributed by atoms with E-state index in [2.05, 4.69) is 0 Å². The van der Waals surface area contributed by atoms with E-state index >= 15 is 0 Å². The summed E-state index contributed by atoms with van der Waals surface area (Å²) < 4.78 is 5.58. The maximum atomic E-state index is 13.9. The van der Waals surface area contributed by atoms with Gasteiger partial charge in [0, 0.05) is 32.2 Å². The van der Waals surface area contributed by atoms with Gasteiger partial charge in [-0.05, 0) is 36.5 Å². The van der Waals surface area contributed by atoms with Gasteiger partial charge in [-0.25, -0.2) is 0 Å². The minimum absolute atomic E-state index is 0.0415. The van der Waals surface area contributed by atoms with Crippen molar-refractivity contribution in [3.05, 3.63) is 71.3 Å². The lowest BCUT2D eigenvalue weighted by Crippen LogP contribution is -2.49. The topological polar surface area (TPSA) is 66.8 Å². The van der Waals surface area contributed by atoms with Gasteiger partial charge in [0.25, 0.3) is 0 Å². The number of carboxylic acid groups (broad SMARTS) is 1. The molecule has 1 N–H and O–H groups in total. The molecular weight excluding hydrogens is 366 g/mol. The highest BCUT2D eigenvalue weighted by molar-refractivity contribution is 5.90. The lowest BCUT2D eigenvalue weighted by atomic mass is 9.71. The highest BCUT2D eigenvalue weighted by Crippen LogP contribution is 2.41. The van der Waals surface area contributed by atoms with Crippen LogP contribution in [0.4, 0.5) is 0 Å². The first-order valence-corrected chi connectivity index (χ1v) is 10.2. The molecule has 2 saturated heterocycles. The van der Waals surface area contributed by atoms with E-state index in [1.807, 2.05) is 61.5 Å². The smallest absolute Gasteiger partial charge is 0.308 e. The van der Waals surface area contributed by atoms with E-state index in [0.717, 1.165) is 16.7 Å². The second kappa shape index (κ2) is 7.99. The van der Waals surface area contributed by atoms with Gasteiger partial charge < -0.3 is 14.7 Å². The average Bonchev–Trinajstić information content (AvgIpc) is 3.20. The Balaban J connectivity index is 1.68. The summed E-state index contributed by atoms with van der Waals surface area (Å²) in [5.74, 6) is -1.58. The molecule has 2 heterocycles. The van der Waals surface area contributed by atoms with Gasteiger partial charge in [0.15, 0.2) is 0 Å². The van der Waals surface area contributed by atoms with E-state index in [4.69, 9.17) is 4.74 Å².